The van der Waals surface area contributed by atoms with Gasteiger partial charge in [-0.25, -0.2) is 9.50 Å². The summed E-state index contributed by atoms with van der Waals surface area (Å²) in [5, 5.41) is 26.4. The standard InChI is InChI=1S/C19H13ClN4O5/c20-15-12(29-10-4-2-1-3-5-10)7-6-11-14(15)18-22-9-23-24(18)16(17(11)27)19(28)21-8-13(25)26/h1-7,9,27H,8H2,(H,21,28)(H,25,26). The number of carboxylic acid groups (broad SMARTS) is 1. The summed E-state index contributed by atoms with van der Waals surface area (Å²) in [7, 11) is 0. The maximum Gasteiger partial charge on any atom is 0.322 e. The Hall–Kier alpha value is -3.85. The number of benzene rings is 2. The van der Waals surface area contributed by atoms with Gasteiger partial charge in [0, 0.05) is 5.39 Å². The van der Waals surface area contributed by atoms with Crippen LogP contribution in [-0.4, -0.2) is 43.2 Å². The maximum atomic E-state index is 12.4. The number of hydrogen-bond acceptors (Lipinski definition) is 6. The first-order chi connectivity index (χ1) is 14.0. The van der Waals surface area contributed by atoms with Gasteiger partial charge in [-0.05, 0) is 24.3 Å². The lowest BCUT2D eigenvalue weighted by molar-refractivity contribution is -0.135. The number of hydrogen-bond donors (Lipinski definition) is 3. The van der Waals surface area contributed by atoms with Gasteiger partial charge in [-0.1, -0.05) is 29.8 Å². The van der Waals surface area contributed by atoms with Crippen molar-refractivity contribution in [2.24, 2.45) is 0 Å². The number of carbonyl (C=O) groups is 2. The summed E-state index contributed by atoms with van der Waals surface area (Å²) in [6.07, 6.45) is 1.20. The fraction of sp³-hybridized carbons (Fsp3) is 0.0526. The van der Waals surface area contributed by atoms with E-state index in [1.165, 1.54) is 12.4 Å². The van der Waals surface area contributed by atoms with Gasteiger partial charge in [0.15, 0.2) is 17.1 Å². The van der Waals surface area contributed by atoms with Crippen LogP contribution in [0.4, 0.5) is 0 Å². The van der Waals surface area contributed by atoms with E-state index in [4.69, 9.17) is 21.4 Å². The third-order valence-electron chi connectivity index (χ3n) is 4.16. The monoisotopic (exact) mass is 412 g/mol. The molecule has 0 aliphatic heterocycles. The fourth-order valence-electron chi connectivity index (χ4n) is 2.91. The number of nitrogens with one attached hydrogen (secondary N) is 1. The molecular formula is C19H13ClN4O5. The van der Waals surface area contributed by atoms with Gasteiger partial charge in [0.2, 0.25) is 0 Å². The van der Waals surface area contributed by atoms with Crippen LogP contribution in [0.1, 0.15) is 10.5 Å². The molecule has 0 radical (unpaired) electrons. The first-order valence-electron chi connectivity index (χ1n) is 8.37. The number of pyridine rings is 1. The lowest BCUT2D eigenvalue weighted by Crippen LogP contribution is -2.31. The van der Waals surface area contributed by atoms with Crippen molar-refractivity contribution < 1.29 is 24.5 Å². The Balaban J connectivity index is 1.89. The highest BCUT2D eigenvalue weighted by Crippen LogP contribution is 2.41. The van der Waals surface area contributed by atoms with E-state index in [2.05, 4.69) is 15.4 Å². The lowest BCUT2D eigenvalue weighted by atomic mass is 10.1. The van der Waals surface area contributed by atoms with Gasteiger partial charge in [0.05, 0.1) is 10.4 Å². The molecule has 3 N–H and O–H groups in total. The summed E-state index contributed by atoms with van der Waals surface area (Å²) in [5.41, 5.74) is -0.0409. The highest BCUT2D eigenvalue weighted by atomic mass is 35.5. The summed E-state index contributed by atoms with van der Waals surface area (Å²) in [6, 6.07) is 12.1. The van der Waals surface area contributed by atoms with E-state index in [0.29, 0.717) is 16.9 Å². The molecule has 2 heterocycles. The Labute approximate surface area is 168 Å². The zero-order valence-corrected chi connectivity index (χ0v) is 15.4. The Morgan fingerprint density at radius 2 is 1.93 bits per heavy atom. The number of nitrogens with zero attached hydrogens (tertiary/aromatic N) is 3. The third-order valence-corrected chi connectivity index (χ3v) is 4.53. The van der Waals surface area contributed by atoms with Gasteiger partial charge in [-0.2, -0.15) is 5.10 Å². The second-order valence-corrected chi connectivity index (χ2v) is 6.36. The van der Waals surface area contributed by atoms with Crippen molar-refractivity contribution in [1.82, 2.24) is 19.9 Å². The second kappa shape index (κ2) is 7.28. The number of aromatic nitrogens is 3. The molecule has 0 unspecified atom stereocenters. The van der Waals surface area contributed by atoms with Crippen molar-refractivity contribution >= 4 is 39.9 Å². The lowest BCUT2D eigenvalue weighted by Gasteiger charge is -2.14. The summed E-state index contributed by atoms with van der Waals surface area (Å²) in [4.78, 5) is 27.3. The molecule has 29 heavy (non-hydrogen) atoms. The van der Waals surface area contributed by atoms with Crippen LogP contribution in [0.25, 0.3) is 16.4 Å². The molecule has 0 fully saturated rings. The number of rotatable bonds is 5. The van der Waals surface area contributed by atoms with Crippen LogP contribution in [0.15, 0.2) is 48.8 Å². The maximum absolute atomic E-state index is 12.4. The molecule has 0 aliphatic rings. The molecule has 0 saturated carbocycles. The molecule has 0 atom stereocenters. The molecule has 0 spiro atoms. The molecular weight excluding hydrogens is 400 g/mol. The van der Waals surface area contributed by atoms with E-state index < -0.39 is 24.2 Å². The molecule has 0 aliphatic carbocycles. The van der Waals surface area contributed by atoms with Crippen LogP contribution in [0, 0.1) is 0 Å². The van der Waals surface area contributed by atoms with Crippen molar-refractivity contribution in [3.63, 3.8) is 0 Å². The summed E-state index contributed by atoms with van der Waals surface area (Å²) in [5.74, 6) is -1.55. The van der Waals surface area contributed by atoms with Crippen LogP contribution in [0.3, 0.4) is 0 Å². The summed E-state index contributed by atoms with van der Waals surface area (Å²) < 4.78 is 6.91. The first kappa shape index (κ1) is 18.5. The minimum absolute atomic E-state index is 0.178. The van der Waals surface area contributed by atoms with Crippen LogP contribution in [0.2, 0.25) is 5.02 Å². The average Bonchev–Trinajstić information content (AvgIpc) is 3.18. The first-order valence-corrected chi connectivity index (χ1v) is 8.75. The van der Waals surface area contributed by atoms with Crippen LogP contribution in [-0.2, 0) is 4.79 Å². The molecule has 2 aromatic heterocycles. The van der Waals surface area contributed by atoms with Crippen molar-refractivity contribution in [2.45, 2.75) is 0 Å². The minimum Gasteiger partial charge on any atom is -0.505 e. The number of aliphatic carboxylic acids is 1. The van der Waals surface area contributed by atoms with Gasteiger partial charge >= 0.3 is 5.97 Å². The number of fused-ring (bicyclic) bond motifs is 3. The van der Waals surface area contributed by atoms with Gasteiger partial charge in [-0.15, -0.1) is 0 Å². The Kier molecular flexibility index (Phi) is 4.65. The molecule has 0 bridgehead atoms. The van der Waals surface area contributed by atoms with Crippen molar-refractivity contribution in [1.29, 1.82) is 0 Å². The predicted molar refractivity (Wildman–Crippen MR) is 104 cm³/mol. The third kappa shape index (κ3) is 3.27. The van der Waals surface area contributed by atoms with E-state index in [9.17, 15) is 14.7 Å². The Morgan fingerprint density at radius 1 is 1.17 bits per heavy atom. The van der Waals surface area contributed by atoms with Crippen LogP contribution >= 0.6 is 11.6 Å². The number of para-hydroxylation sites is 1. The Morgan fingerprint density at radius 3 is 2.66 bits per heavy atom. The average molecular weight is 413 g/mol. The molecule has 9 nitrogen and oxygen atoms in total. The SMILES string of the molecule is O=C(O)CNC(=O)c1c(O)c2ccc(Oc3ccccc3)c(Cl)c2c2ncnn12. The van der Waals surface area contributed by atoms with Crippen LogP contribution < -0.4 is 10.1 Å². The molecule has 4 rings (SSSR count). The van der Waals surface area contributed by atoms with E-state index in [1.54, 1.807) is 18.2 Å². The summed E-state index contributed by atoms with van der Waals surface area (Å²) >= 11 is 6.54. The zero-order valence-electron chi connectivity index (χ0n) is 14.7. The van der Waals surface area contributed by atoms with Crippen molar-refractivity contribution in [3.8, 4) is 17.2 Å². The largest absolute Gasteiger partial charge is 0.505 e. The van der Waals surface area contributed by atoms with Crippen LogP contribution in [0.5, 0.6) is 17.2 Å². The number of carboxylic acids is 1. The van der Waals surface area contributed by atoms with Gasteiger partial charge in [-0.3, -0.25) is 9.59 Å². The van der Waals surface area contributed by atoms with Gasteiger partial charge in [0.1, 0.15) is 24.4 Å². The second-order valence-electron chi connectivity index (χ2n) is 5.98. The topological polar surface area (TPSA) is 126 Å². The number of amides is 1. The van der Waals surface area contributed by atoms with Crippen molar-refractivity contribution in [2.75, 3.05) is 6.54 Å². The van der Waals surface area contributed by atoms with E-state index in [0.717, 1.165) is 4.52 Å². The van der Waals surface area contributed by atoms with Gasteiger partial charge < -0.3 is 20.3 Å². The van der Waals surface area contributed by atoms with E-state index >= 15 is 0 Å². The minimum atomic E-state index is -1.22. The fourth-order valence-corrected chi connectivity index (χ4v) is 3.20. The molecule has 4 aromatic rings. The number of carbonyl (C=O) groups excluding carboxylic acids is 1. The number of halogens is 1. The number of aromatic hydroxyl groups is 1. The zero-order chi connectivity index (χ0) is 20.5. The molecule has 1 amide bonds. The summed E-state index contributed by atoms with van der Waals surface area (Å²) in [6.45, 7) is -0.614. The molecule has 10 heteroatoms. The predicted octanol–water partition coefficient (Wildman–Crippen LogP) is 2.85. The highest BCUT2D eigenvalue weighted by Gasteiger charge is 2.24. The molecule has 0 saturated heterocycles. The molecule has 2 aromatic carbocycles. The number of ether oxygens (including phenoxy) is 1. The van der Waals surface area contributed by atoms with Gasteiger partial charge in [0.25, 0.3) is 5.91 Å². The normalized spacial score (nSPS) is 10.9. The molecule has 146 valence electrons. The van der Waals surface area contributed by atoms with E-state index in [-0.39, 0.29) is 21.7 Å². The Bertz CT molecular complexity index is 1260. The quantitative estimate of drug-likeness (QED) is 0.460. The van der Waals surface area contributed by atoms with Crippen molar-refractivity contribution in [3.05, 3.63) is 59.5 Å². The van der Waals surface area contributed by atoms with E-state index in [1.807, 2.05) is 18.2 Å². The highest BCUT2D eigenvalue weighted by molar-refractivity contribution is 6.38. The smallest absolute Gasteiger partial charge is 0.322 e.